The number of benzene rings is 10. The third kappa shape index (κ3) is 8.09. The van der Waals surface area contributed by atoms with Crippen LogP contribution < -0.4 is 0 Å². The lowest BCUT2D eigenvalue weighted by atomic mass is 9.92. The van der Waals surface area contributed by atoms with Crippen molar-refractivity contribution in [3.63, 3.8) is 0 Å². The van der Waals surface area contributed by atoms with Gasteiger partial charge in [-0.2, -0.15) is 0 Å². The van der Waals surface area contributed by atoms with E-state index in [2.05, 4.69) is 230 Å². The number of furan rings is 1. The maximum Gasteiger partial charge on any atom is 0.167 e. The van der Waals surface area contributed by atoms with Crippen molar-refractivity contribution < 1.29 is 4.42 Å². The molecule has 0 spiro atoms. The molecule has 0 fully saturated rings. The van der Waals surface area contributed by atoms with Crippen LogP contribution in [0.2, 0.25) is 0 Å². The van der Waals surface area contributed by atoms with Crippen molar-refractivity contribution in [3.05, 3.63) is 273 Å². The minimum absolute atomic E-state index is 0.523. The molecule has 13 rings (SSSR count). The highest BCUT2D eigenvalue weighted by Gasteiger charge is 2.24. The van der Waals surface area contributed by atoms with Crippen molar-refractivity contribution in [1.29, 1.82) is 0 Å². The summed E-state index contributed by atoms with van der Waals surface area (Å²) in [4.78, 5) is 16.1. The normalized spacial score (nSPS) is 11.7. The fourth-order valence-corrected chi connectivity index (χ4v) is 10.3. The van der Waals surface area contributed by atoms with Gasteiger partial charge in [-0.25, -0.2) is 15.0 Å². The second kappa shape index (κ2) is 19.0. The Hall–Kier alpha value is -9.97. The minimum Gasteiger partial charge on any atom is -0.455 e. The first-order chi connectivity index (χ1) is 36.6. The summed E-state index contributed by atoms with van der Waals surface area (Å²) in [7, 11) is 0. The molecule has 10 aromatic carbocycles. The Labute approximate surface area is 429 Å². The largest absolute Gasteiger partial charge is 0.455 e. The zero-order chi connectivity index (χ0) is 49.4. The number of nitrogens with zero attached hydrogens (tertiary/aromatic N) is 4. The Morgan fingerprint density at radius 2 is 0.865 bits per heavy atom. The first-order valence-corrected chi connectivity index (χ1v) is 24.9. The van der Waals surface area contributed by atoms with Gasteiger partial charge in [0, 0.05) is 43.8 Å². The van der Waals surface area contributed by atoms with Crippen LogP contribution in [-0.2, 0) is 0 Å². The Morgan fingerprint density at radius 3 is 1.53 bits per heavy atom. The number of fused-ring (bicyclic) bond motifs is 6. The lowest BCUT2D eigenvalue weighted by Crippen LogP contribution is -2.04. The molecule has 0 bridgehead atoms. The molecule has 0 N–H and O–H groups in total. The van der Waals surface area contributed by atoms with Gasteiger partial charge in [0.1, 0.15) is 11.2 Å². The highest BCUT2D eigenvalue weighted by Crippen LogP contribution is 2.45. The molecule has 3 heterocycles. The Balaban J connectivity index is 1.09. The van der Waals surface area contributed by atoms with Gasteiger partial charge < -0.3 is 8.98 Å². The molecule has 0 atom stereocenters. The average Bonchev–Trinajstić information content (AvgIpc) is 4.02. The maximum atomic E-state index is 6.63. The van der Waals surface area contributed by atoms with Crippen LogP contribution in [0.15, 0.2) is 272 Å². The fraction of sp³-hybridized carbons (Fsp3) is 0. The molecular weight excluding hydrogens is 901 g/mol. The van der Waals surface area contributed by atoms with Gasteiger partial charge in [0.25, 0.3) is 0 Å². The molecule has 0 saturated heterocycles. The van der Waals surface area contributed by atoms with Crippen molar-refractivity contribution in [1.82, 2.24) is 19.5 Å². The van der Waals surface area contributed by atoms with Crippen LogP contribution >= 0.6 is 0 Å². The third-order valence-electron chi connectivity index (χ3n) is 13.8. The van der Waals surface area contributed by atoms with Crippen LogP contribution in [0.4, 0.5) is 0 Å². The summed E-state index contributed by atoms with van der Waals surface area (Å²) in [6, 6.07) is 83.4. The van der Waals surface area contributed by atoms with Crippen molar-refractivity contribution in [2.75, 3.05) is 0 Å². The quantitative estimate of drug-likeness (QED) is 0.121. The summed E-state index contributed by atoms with van der Waals surface area (Å²) < 4.78 is 9.09. The lowest BCUT2D eigenvalue weighted by molar-refractivity contribution is 0.669. The number of hydrogen-bond acceptors (Lipinski definition) is 4. The van der Waals surface area contributed by atoms with Crippen molar-refractivity contribution in [3.8, 4) is 84.4 Å². The number of allylic oxidation sites excluding steroid dienone is 4. The minimum atomic E-state index is 0.523. The zero-order valence-corrected chi connectivity index (χ0v) is 40.3. The molecule has 0 radical (unpaired) electrons. The number of hydrogen-bond donors (Lipinski definition) is 0. The van der Waals surface area contributed by atoms with Crippen LogP contribution in [0.25, 0.3) is 134 Å². The number of para-hydroxylation sites is 2. The number of rotatable bonds is 11. The van der Waals surface area contributed by atoms with E-state index >= 15 is 0 Å². The fourth-order valence-electron chi connectivity index (χ4n) is 10.3. The van der Waals surface area contributed by atoms with Crippen molar-refractivity contribution >= 4 is 49.8 Å². The molecule has 13 aromatic rings. The summed E-state index contributed by atoms with van der Waals surface area (Å²) in [5.74, 6) is 1.63. The van der Waals surface area contributed by atoms with Crippen LogP contribution in [-0.4, -0.2) is 19.5 Å². The van der Waals surface area contributed by atoms with Gasteiger partial charge in [-0.15, -0.1) is 0 Å². The van der Waals surface area contributed by atoms with Crippen LogP contribution in [0.1, 0.15) is 5.56 Å². The smallest absolute Gasteiger partial charge is 0.167 e. The molecule has 5 nitrogen and oxygen atoms in total. The summed E-state index contributed by atoms with van der Waals surface area (Å²) in [6.45, 7) is 3.85. The molecule has 3 aromatic heterocycles. The van der Waals surface area contributed by atoms with Gasteiger partial charge in [-0.1, -0.05) is 225 Å². The first-order valence-electron chi connectivity index (χ1n) is 24.9. The average molecular weight is 947 g/mol. The van der Waals surface area contributed by atoms with Crippen LogP contribution in [0, 0.1) is 0 Å². The molecule has 5 heteroatoms. The Morgan fingerprint density at radius 1 is 0.351 bits per heavy atom. The molecule has 0 aliphatic carbocycles. The van der Waals surface area contributed by atoms with Gasteiger partial charge in [0.15, 0.2) is 17.5 Å². The Kier molecular flexibility index (Phi) is 11.3. The molecular formula is C69H46N4O. The summed E-state index contributed by atoms with van der Waals surface area (Å²) >= 11 is 0. The molecule has 0 saturated carbocycles. The summed E-state index contributed by atoms with van der Waals surface area (Å²) in [5, 5.41) is 4.36. The number of aromatic nitrogens is 4. The summed E-state index contributed by atoms with van der Waals surface area (Å²) in [6.07, 6.45) is 9.94. The predicted octanol–water partition coefficient (Wildman–Crippen LogP) is 18.3. The van der Waals surface area contributed by atoms with Crippen molar-refractivity contribution in [2.24, 2.45) is 0 Å². The zero-order valence-electron chi connectivity index (χ0n) is 40.3. The van der Waals surface area contributed by atoms with Gasteiger partial charge in [0.05, 0.1) is 22.3 Å². The van der Waals surface area contributed by atoms with E-state index in [1.54, 1.807) is 6.08 Å². The van der Waals surface area contributed by atoms with Crippen molar-refractivity contribution in [2.45, 2.75) is 0 Å². The van der Waals surface area contributed by atoms with Gasteiger partial charge in [-0.3, -0.25) is 0 Å². The first kappa shape index (κ1) is 44.0. The summed E-state index contributed by atoms with van der Waals surface area (Å²) in [5.41, 5.74) is 17.2. The van der Waals surface area contributed by atoms with E-state index in [-0.39, 0.29) is 0 Å². The lowest BCUT2D eigenvalue weighted by Gasteiger charge is -2.21. The molecule has 74 heavy (non-hydrogen) atoms. The second-order valence-corrected chi connectivity index (χ2v) is 18.4. The molecule has 0 aliphatic heterocycles. The maximum absolute atomic E-state index is 6.63. The van der Waals surface area contributed by atoms with Gasteiger partial charge in [-0.05, 0) is 87.5 Å². The van der Waals surface area contributed by atoms with E-state index in [0.717, 1.165) is 111 Å². The molecule has 0 aliphatic rings. The van der Waals surface area contributed by atoms with Gasteiger partial charge >= 0.3 is 0 Å². The molecule has 0 unspecified atom stereocenters. The monoisotopic (exact) mass is 946 g/mol. The van der Waals surface area contributed by atoms with Gasteiger partial charge in [0.2, 0.25) is 0 Å². The van der Waals surface area contributed by atoms with E-state index in [0.29, 0.717) is 17.5 Å². The standard InChI is InChI=1S/C69H46N4O/c1-2-3-4-9-21-46-34-40-62-60(42-46)61-43-53(48-24-12-6-13-25-48)39-41-63(61)73(62)65-58(50-26-14-7-15-27-50)44-54(45-59(65)51-28-16-8-17-29-51)68-70-67(52-37-35-49(36-38-52)47-22-10-5-11-23-47)71-69(72-68)57-32-20-31-56-55-30-18-19-33-64(55)74-66(56)57/h2-45H,1H2/b4-3-,21-9+. The topological polar surface area (TPSA) is 56.7 Å². The van der Waals surface area contributed by atoms with E-state index < -0.39 is 0 Å². The Bertz CT molecular complexity index is 4220. The highest BCUT2D eigenvalue weighted by molar-refractivity contribution is 6.13. The van der Waals surface area contributed by atoms with Crippen LogP contribution in [0.3, 0.4) is 0 Å². The predicted molar refractivity (Wildman–Crippen MR) is 308 cm³/mol. The second-order valence-electron chi connectivity index (χ2n) is 18.4. The SMILES string of the molecule is C=C/C=C\C=C\c1ccc2c(c1)c1cc(-c3ccccc3)ccc1n2-c1c(-c2ccccc2)cc(-c2nc(-c3ccc(-c4ccccc4)cc3)nc(-c3cccc4c3oc3ccccc34)n2)cc1-c1ccccc1. The van der Waals surface area contributed by atoms with E-state index in [1.165, 1.54) is 5.56 Å². The molecule has 348 valence electrons. The van der Waals surface area contributed by atoms with Crippen LogP contribution in [0.5, 0.6) is 0 Å². The highest BCUT2D eigenvalue weighted by atomic mass is 16.3. The third-order valence-corrected chi connectivity index (χ3v) is 13.8. The van der Waals surface area contributed by atoms with E-state index in [1.807, 2.05) is 42.5 Å². The molecule has 0 amide bonds. The van der Waals surface area contributed by atoms with E-state index in [9.17, 15) is 0 Å². The van der Waals surface area contributed by atoms with E-state index in [4.69, 9.17) is 19.4 Å².